The number of rotatable bonds is 7. The van der Waals surface area contributed by atoms with Crippen LogP contribution in [0, 0.1) is 6.92 Å². The Bertz CT molecular complexity index is 304. The Morgan fingerprint density at radius 3 is 2.81 bits per heavy atom. The van der Waals surface area contributed by atoms with Gasteiger partial charge in [-0.1, -0.05) is 18.2 Å². The van der Waals surface area contributed by atoms with Crippen LogP contribution < -0.4 is 4.74 Å². The number of benzene rings is 1. The van der Waals surface area contributed by atoms with Crippen LogP contribution >= 0.6 is 11.8 Å². The predicted octanol–water partition coefficient (Wildman–Crippen LogP) is 1.46. The molecule has 0 aliphatic heterocycles. The Labute approximate surface area is 100 Å². The van der Waals surface area contributed by atoms with Crippen molar-refractivity contribution in [3.05, 3.63) is 29.8 Å². The first-order valence-corrected chi connectivity index (χ1v) is 6.44. The van der Waals surface area contributed by atoms with Gasteiger partial charge in [0.2, 0.25) is 0 Å². The summed E-state index contributed by atoms with van der Waals surface area (Å²) in [5.74, 6) is 2.27. The highest BCUT2D eigenvalue weighted by Crippen LogP contribution is 2.16. The smallest absolute Gasteiger partial charge is 0.122 e. The molecule has 1 unspecified atom stereocenters. The second-order valence-corrected chi connectivity index (χ2v) is 4.68. The van der Waals surface area contributed by atoms with Crippen LogP contribution in [0.5, 0.6) is 5.75 Å². The molecule has 0 heterocycles. The van der Waals surface area contributed by atoms with Gasteiger partial charge in [0.25, 0.3) is 0 Å². The first-order valence-electron chi connectivity index (χ1n) is 5.29. The van der Waals surface area contributed by atoms with Gasteiger partial charge in [-0.2, -0.15) is 11.8 Å². The lowest BCUT2D eigenvalue weighted by Gasteiger charge is -2.09. The Morgan fingerprint density at radius 1 is 1.38 bits per heavy atom. The monoisotopic (exact) mass is 242 g/mol. The topological polar surface area (TPSA) is 49.7 Å². The van der Waals surface area contributed by atoms with Crippen molar-refractivity contribution in [2.75, 3.05) is 24.7 Å². The zero-order valence-electron chi connectivity index (χ0n) is 9.43. The number of hydrogen-bond acceptors (Lipinski definition) is 4. The van der Waals surface area contributed by atoms with Crippen LogP contribution in [0.2, 0.25) is 0 Å². The highest BCUT2D eigenvalue weighted by molar-refractivity contribution is 7.99. The first kappa shape index (κ1) is 13.4. The number of aryl methyl sites for hydroxylation is 1. The van der Waals surface area contributed by atoms with Gasteiger partial charge >= 0.3 is 0 Å². The molecule has 1 atom stereocenters. The average molecular weight is 242 g/mol. The van der Waals surface area contributed by atoms with Gasteiger partial charge < -0.3 is 14.9 Å². The summed E-state index contributed by atoms with van der Waals surface area (Å²) in [6, 6.07) is 7.89. The third-order valence-corrected chi connectivity index (χ3v) is 3.18. The lowest BCUT2D eigenvalue weighted by molar-refractivity contribution is 0.113. The maximum atomic E-state index is 9.11. The Morgan fingerprint density at radius 2 is 2.12 bits per heavy atom. The van der Waals surface area contributed by atoms with E-state index < -0.39 is 6.10 Å². The van der Waals surface area contributed by atoms with Gasteiger partial charge in [-0.15, -0.1) is 0 Å². The van der Waals surface area contributed by atoms with Crippen molar-refractivity contribution in [1.29, 1.82) is 0 Å². The third kappa shape index (κ3) is 4.88. The molecule has 0 fully saturated rings. The number of ether oxygens (including phenoxy) is 1. The van der Waals surface area contributed by atoms with E-state index in [1.807, 2.05) is 31.2 Å². The standard InChI is InChI=1S/C12H18O3S/c1-10-4-2-3-5-12(10)15-6-7-16-9-11(14)8-13/h2-5,11,13-14H,6-9H2,1H3. The fourth-order valence-electron chi connectivity index (χ4n) is 1.20. The second kappa shape index (κ2) is 7.54. The molecule has 0 bridgehead atoms. The van der Waals surface area contributed by atoms with Crippen LogP contribution in [0.25, 0.3) is 0 Å². The molecule has 16 heavy (non-hydrogen) atoms. The van der Waals surface area contributed by atoms with Crippen LogP contribution in [-0.4, -0.2) is 41.0 Å². The largest absolute Gasteiger partial charge is 0.492 e. The summed E-state index contributed by atoms with van der Waals surface area (Å²) in [6.45, 7) is 2.46. The van der Waals surface area contributed by atoms with E-state index in [2.05, 4.69) is 0 Å². The minimum Gasteiger partial charge on any atom is -0.492 e. The molecule has 1 aromatic rings. The summed E-state index contributed by atoms with van der Waals surface area (Å²) in [6.07, 6.45) is -0.622. The highest BCUT2D eigenvalue weighted by Gasteiger charge is 2.02. The molecule has 4 heteroatoms. The Balaban J connectivity index is 2.14. The van der Waals surface area contributed by atoms with Gasteiger partial charge in [0.15, 0.2) is 0 Å². The van der Waals surface area contributed by atoms with Crippen molar-refractivity contribution < 1.29 is 14.9 Å². The lowest BCUT2D eigenvalue weighted by Crippen LogP contribution is -2.15. The molecule has 3 nitrogen and oxygen atoms in total. The molecule has 0 aliphatic carbocycles. The van der Waals surface area contributed by atoms with Crippen LogP contribution in [0.15, 0.2) is 24.3 Å². The van der Waals surface area contributed by atoms with Crippen LogP contribution in [0.4, 0.5) is 0 Å². The summed E-state index contributed by atoms with van der Waals surface area (Å²) < 4.78 is 5.59. The Hall–Kier alpha value is -0.710. The maximum absolute atomic E-state index is 9.11. The number of para-hydroxylation sites is 1. The highest BCUT2D eigenvalue weighted by atomic mass is 32.2. The Kier molecular flexibility index (Phi) is 6.30. The molecular weight excluding hydrogens is 224 g/mol. The first-order chi connectivity index (χ1) is 7.74. The van der Waals surface area contributed by atoms with Crippen molar-refractivity contribution in [3.63, 3.8) is 0 Å². The minimum absolute atomic E-state index is 0.175. The molecule has 0 radical (unpaired) electrons. The SMILES string of the molecule is Cc1ccccc1OCCSCC(O)CO. The van der Waals surface area contributed by atoms with Crippen molar-refractivity contribution in [1.82, 2.24) is 0 Å². The van der Waals surface area contributed by atoms with E-state index in [-0.39, 0.29) is 6.61 Å². The summed E-state index contributed by atoms with van der Waals surface area (Å²) in [4.78, 5) is 0. The number of thioether (sulfide) groups is 1. The van der Waals surface area contributed by atoms with Gasteiger partial charge in [0, 0.05) is 11.5 Å². The predicted molar refractivity (Wildman–Crippen MR) is 67.1 cm³/mol. The van der Waals surface area contributed by atoms with Crippen molar-refractivity contribution in [3.8, 4) is 5.75 Å². The fourth-order valence-corrected chi connectivity index (χ4v) is 1.95. The molecule has 1 aromatic carbocycles. The van der Waals surface area contributed by atoms with E-state index in [0.717, 1.165) is 17.1 Å². The van der Waals surface area contributed by atoms with Crippen LogP contribution in [0.3, 0.4) is 0 Å². The van der Waals surface area contributed by atoms with Gasteiger partial charge in [0.05, 0.1) is 19.3 Å². The third-order valence-electron chi connectivity index (χ3n) is 2.10. The van der Waals surface area contributed by atoms with E-state index in [1.54, 1.807) is 11.8 Å². The van der Waals surface area contributed by atoms with Crippen molar-refractivity contribution in [2.45, 2.75) is 13.0 Å². The average Bonchev–Trinajstić information content (AvgIpc) is 2.30. The second-order valence-electron chi connectivity index (χ2n) is 3.53. The number of aliphatic hydroxyl groups excluding tert-OH is 2. The van der Waals surface area contributed by atoms with Gasteiger partial charge in [0.1, 0.15) is 5.75 Å². The maximum Gasteiger partial charge on any atom is 0.122 e. The van der Waals surface area contributed by atoms with E-state index in [9.17, 15) is 0 Å². The number of aliphatic hydroxyl groups is 2. The van der Waals surface area contributed by atoms with Crippen molar-refractivity contribution >= 4 is 11.8 Å². The molecule has 0 spiro atoms. The molecule has 0 aliphatic rings. The van der Waals surface area contributed by atoms with Crippen molar-refractivity contribution in [2.24, 2.45) is 0 Å². The van der Waals surface area contributed by atoms with E-state index >= 15 is 0 Å². The van der Waals surface area contributed by atoms with Gasteiger partial charge in [-0.25, -0.2) is 0 Å². The molecule has 2 N–H and O–H groups in total. The molecule has 0 amide bonds. The van der Waals surface area contributed by atoms with E-state index in [4.69, 9.17) is 14.9 Å². The van der Waals surface area contributed by atoms with E-state index in [1.165, 1.54) is 0 Å². The fraction of sp³-hybridized carbons (Fsp3) is 0.500. The zero-order valence-corrected chi connectivity index (χ0v) is 10.2. The molecular formula is C12H18O3S. The number of hydrogen-bond donors (Lipinski definition) is 2. The molecule has 90 valence electrons. The molecule has 0 saturated carbocycles. The van der Waals surface area contributed by atoms with Crippen LogP contribution in [-0.2, 0) is 0 Å². The molecule has 0 aromatic heterocycles. The summed E-state index contributed by atoms with van der Waals surface area (Å²) in [5.41, 5.74) is 1.13. The summed E-state index contributed by atoms with van der Waals surface area (Å²) in [7, 11) is 0. The normalized spacial score (nSPS) is 12.4. The zero-order chi connectivity index (χ0) is 11.8. The quantitative estimate of drug-likeness (QED) is 0.711. The van der Waals surface area contributed by atoms with E-state index in [0.29, 0.717) is 12.4 Å². The summed E-state index contributed by atoms with van der Waals surface area (Å²) in [5, 5.41) is 17.7. The molecule has 0 saturated heterocycles. The minimum atomic E-state index is -0.622. The van der Waals surface area contributed by atoms with Crippen LogP contribution in [0.1, 0.15) is 5.56 Å². The molecule has 1 rings (SSSR count). The van der Waals surface area contributed by atoms with Gasteiger partial charge in [-0.05, 0) is 18.6 Å². The lowest BCUT2D eigenvalue weighted by atomic mass is 10.2. The van der Waals surface area contributed by atoms with Gasteiger partial charge in [-0.3, -0.25) is 0 Å². The summed E-state index contributed by atoms with van der Waals surface area (Å²) >= 11 is 1.58.